The van der Waals surface area contributed by atoms with Gasteiger partial charge in [-0.1, -0.05) is 0 Å². The molecule has 0 bridgehead atoms. The third kappa shape index (κ3) is 6.36. The summed E-state index contributed by atoms with van der Waals surface area (Å²) in [5.41, 5.74) is 0. The summed E-state index contributed by atoms with van der Waals surface area (Å²) in [6.07, 6.45) is 2.37. The van der Waals surface area contributed by atoms with E-state index in [-0.39, 0.29) is 0 Å². The van der Waals surface area contributed by atoms with E-state index in [0.29, 0.717) is 18.7 Å². The Bertz CT molecular complexity index is 190. The predicted molar refractivity (Wildman–Crippen MR) is 70.4 cm³/mol. The molecule has 0 aromatic heterocycles. The topological polar surface area (TPSA) is 33.7 Å². The molecule has 4 nitrogen and oxygen atoms in total. The van der Waals surface area contributed by atoms with Gasteiger partial charge in [0.05, 0.1) is 13.2 Å². The fourth-order valence-corrected chi connectivity index (χ4v) is 2.17. The summed E-state index contributed by atoms with van der Waals surface area (Å²) in [5, 5.41) is 3.51. The zero-order chi connectivity index (χ0) is 12.5. The maximum atomic E-state index is 5.46. The molecule has 1 aliphatic heterocycles. The molecule has 1 rings (SSSR count). The van der Waals surface area contributed by atoms with Crippen LogP contribution in [0.15, 0.2) is 0 Å². The molecule has 1 saturated heterocycles. The Morgan fingerprint density at radius 3 is 2.76 bits per heavy atom. The van der Waals surface area contributed by atoms with Crippen molar-refractivity contribution in [1.29, 1.82) is 0 Å². The zero-order valence-corrected chi connectivity index (χ0v) is 11.6. The maximum absolute atomic E-state index is 5.46. The van der Waals surface area contributed by atoms with E-state index in [2.05, 4.69) is 24.1 Å². The van der Waals surface area contributed by atoms with Crippen LogP contribution < -0.4 is 5.32 Å². The average molecular weight is 244 g/mol. The van der Waals surface area contributed by atoms with Crippen LogP contribution in [0.2, 0.25) is 0 Å². The van der Waals surface area contributed by atoms with Crippen LogP contribution in [0.3, 0.4) is 0 Å². The quantitative estimate of drug-likeness (QED) is 0.649. The molecule has 0 spiro atoms. The summed E-state index contributed by atoms with van der Waals surface area (Å²) in [6, 6.07) is 1.30. The highest BCUT2D eigenvalue weighted by molar-refractivity contribution is 4.80. The molecule has 0 radical (unpaired) electrons. The van der Waals surface area contributed by atoms with Gasteiger partial charge in [0.1, 0.15) is 0 Å². The van der Waals surface area contributed by atoms with Crippen molar-refractivity contribution in [2.45, 2.75) is 38.8 Å². The highest BCUT2D eigenvalue weighted by Crippen LogP contribution is 2.07. The Kier molecular flexibility index (Phi) is 7.77. The minimum absolute atomic E-state index is 0.629. The molecule has 0 aromatic carbocycles. The molecule has 1 heterocycles. The second kappa shape index (κ2) is 8.86. The normalized spacial score (nSPS) is 26.3. The number of unbranched alkanes of at least 4 members (excludes halogenated alkanes) is 1. The van der Waals surface area contributed by atoms with Gasteiger partial charge in [-0.05, 0) is 33.2 Å². The van der Waals surface area contributed by atoms with Crippen LogP contribution in [0.5, 0.6) is 0 Å². The molecule has 0 aromatic rings. The Morgan fingerprint density at radius 1 is 1.18 bits per heavy atom. The molecule has 0 amide bonds. The molecular formula is C13H28N2O2. The summed E-state index contributed by atoms with van der Waals surface area (Å²) in [5.74, 6) is 0. The van der Waals surface area contributed by atoms with Crippen LogP contribution in [-0.2, 0) is 9.47 Å². The third-order valence-electron chi connectivity index (χ3n) is 3.31. The number of hydrogen-bond donors (Lipinski definition) is 1. The van der Waals surface area contributed by atoms with E-state index in [4.69, 9.17) is 9.47 Å². The minimum atomic E-state index is 0.629. The van der Waals surface area contributed by atoms with Crippen molar-refractivity contribution in [3.63, 3.8) is 0 Å². The molecule has 2 unspecified atom stereocenters. The number of ether oxygens (including phenoxy) is 2. The summed E-state index contributed by atoms with van der Waals surface area (Å²) in [4.78, 5) is 2.58. The van der Waals surface area contributed by atoms with Crippen molar-refractivity contribution in [3.8, 4) is 0 Å². The first-order valence-corrected chi connectivity index (χ1v) is 6.78. The lowest BCUT2D eigenvalue weighted by Crippen LogP contribution is -2.54. The molecule has 1 fully saturated rings. The van der Waals surface area contributed by atoms with Gasteiger partial charge in [-0.15, -0.1) is 0 Å². The smallest absolute Gasteiger partial charge is 0.0700 e. The van der Waals surface area contributed by atoms with Gasteiger partial charge < -0.3 is 14.8 Å². The van der Waals surface area contributed by atoms with Crippen molar-refractivity contribution in [3.05, 3.63) is 0 Å². The minimum Gasteiger partial charge on any atom is -0.382 e. The van der Waals surface area contributed by atoms with E-state index in [1.54, 1.807) is 7.11 Å². The maximum Gasteiger partial charge on any atom is 0.0700 e. The lowest BCUT2D eigenvalue weighted by Gasteiger charge is -2.37. The van der Waals surface area contributed by atoms with Crippen molar-refractivity contribution < 1.29 is 9.47 Å². The lowest BCUT2D eigenvalue weighted by molar-refractivity contribution is 0.0658. The zero-order valence-electron chi connectivity index (χ0n) is 11.6. The van der Waals surface area contributed by atoms with Gasteiger partial charge in [-0.25, -0.2) is 0 Å². The van der Waals surface area contributed by atoms with Crippen LogP contribution in [0.1, 0.15) is 26.7 Å². The highest BCUT2D eigenvalue weighted by Gasteiger charge is 2.21. The van der Waals surface area contributed by atoms with E-state index >= 15 is 0 Å². The number of nitrogens with zero attached hydrogens (tertiary/aromatic N) is 1. The molecular weight excluding hydrogens is 216 g/mol. The van der Waals surface area contributed by atoms with Crippen LogP contribution in [0, 0.1) is 0 Å². The predicted octanol–water partition coefficient (Wildman–Crippen LogP) is 1.11. The van der Waals surface area contributed by atoms with Crippen LogP contribution in [0.25, 0.3) is 0 Å². The van der Waals surface area contributed by atoms with E-state index in [1.807, 2.05) is 0 Å². The first kappa shape index (κ1) is 14.9. The lowest BCUT2D eigenvalue weighted by atomic mass is 10.1. The van der Waals surface area contributed by atoms with Crippen LogP contribution in [-0.4, -0.2) is 63.5 Å². The molecule has 1 aliphatic rings. The monoisotopic (exact) mass is 244 g/mol. The Labute approximate surface area is 106 Å². The van der Waals surface area contributed by atoms with Crippen molar-refractivity contribution in [2.24, 2.45) is 0 Å². The second-order valence-corrected chi connectivity index (χ2v) is 4.97. The van der Waals surface area contributed by atoms with Crippen molar-refractivity contribution in [1.82, 2.24) is 10.2 Å². The first-order valence-electron chi connectivity index (χ1n) is 6.78. The van der Waals surface area contributed by atoms with Gasteiger partial charge in [0.2, 0.25) is 0 Å². The van der Waals surface area contributed by atoms with Crippen molar-refractivity contribution >= 4 is 0 Å². The Morgan fingerprint density at radius 2 is 2.00 bits per heavy atom. The summed E-state index contributed by atoms with van der Waals surface area (Å²) in [7, 11) is 1.70. The summed E-state index contributed by atoms with van der Waals surface area (Å²) >= 11 is 0. The molecule has 1 N–H and O–H groups in total. The largest absolute Gasteiger partial charge is 0.382 e. The number of nitrogens with one attached hydrogen (secondary N) is 1. The van der Waals surface area contributed by atoms with E-state index in [1.165, 1.54) is 19.5 Å². The number of rotatable bonds is 8. The van der Waals surface area contributed by atoms with Crippen LogP contribution in [0.4, 0.5) is 0 Å². The van der Waals surface area contributed by atoms with Gasteiger partial charge in [-0.2, -0.15) is 0 Å². The van der Waals surface area contributed by atoms with E-state index in [9.17, 15) is 0 Å². The molecule has 0 aliphatic carbocycles. The third-order valence-corrected chi connectivity index (χ3v) is 3.31. The SMILES string of the molecule is COCCOCCCCN1CC(C)NCC1C. The Hall–Kier alpha value is -0.160. The van der Waals surface area contributed by atoms with E-state index in [0.717, 1.165) is 26.2 Å². The van der Waals surface area contributed by atoms with E-state index < -0.39 is 0 Å². The number of piperazine rings is 1. The average Bonchev–Trinajstić information content (AvgIpc) is 2.32. The van der Waals surface area contributed by atoms with Gasteiger partial charge in [0, 0.05) is 38.9 Å². The number of methoxy groups -OCH3 is 1. The standard InChI is InChI=1S/C13H28N2O2/c1-12-11-15(13(2)10-14-12)6-4-5-7-17-9-8-16-3/h12-14H,4-11H2,1-3H3. The molecule has 17 heavy (non-hydrogen) atoms. The van der Waals surface area contributed by atoms with Gasteiger partial charge >= 0.3 is 0 Å². The fourth-order valence-electron chi connectivity index (χ4n) is 2.17. The van der Waals surface area contributed by atoms with Crippen LogP contribution >= 0.6 is 0 Å². The Balaban J connectivity index is 1.97. The summed E-state index contributed by atoms with van der Waals surface area (Å²) < 4.78 is 10.4. The van der Waals surface area contributed by atoms with Gasteiger partial charge in [0.25, 0.3) is 0 Å². The second-order valence-electron chi connectivity index (χ2n) is 4.97. The van der Waals surface area contributed by atoms with Gasteiger partial charge in [-0.3, -0.25) is 4.90 Å². The molecule has 0 saturated carbocycles. The fraction of sp³-hybridized carbons (Fsp3) is 1.00. The first-order chi connectivity index (χ1) is 8.24. The highest BCUT2D eigenvalue weighted by atomic mass is 16.5. The molecule has 4 heteroatoms. The molecule has 102 valence electrons. The van der Waals surface area contributed by atoms with Gasteiger partial charge in [0.15, 0.2) is 0 Å². The molecule has 2 atom stereocenters. The van der Waals surface area contributed by atoms with Crippen molar-refractivity contribution in [2.75, 3.05) is 46.6 Å². The summed E-state index contributed by atoms with van der Waals surface area (Å²) in [6.45, 7) is 10.3. The number of hydrogen-bond acceptors (Lipinski definition) is 4.